The summed E-state index contributed by atoms with van der Waals surface area (Å²) < 4.78 is 22.2. The minimum absolute atomic E-state index is 0.0866. The van der Waals surface area contributed by atoms with Gasteiger partial charge in [0.25, 0.3) is 0 Å². The van der Waals surface area contributed by atoms with Crippen LogP contribution in [0.3, 0.4) is 0 Å². The molecule has 5 atom stereocenters. The van der Waals surface area contributed by atoms with Crippen LogP contribution in [0.15, 0.2) is 18.2 Å². The zero-order chi connectivity index (χ0) is 22.0. The minimum atomic E-state index is -1.28. The van der Waals surface area contributed by atoms with Gasteiger partial charge >= 0.3 is 5.97 Å². The fourth-order valence-electron chi connectivity index (χ4n) is 5.97. The molecule has 1 aromatic carbocycles. The standard InChI is InChI=1S/C22H25NO8/c1-28-12-3-4-15(29-2)13(9-12)14(24)10-21-8-7-16-22(21,11-30-20(21)27)19(26)23-17(25)5-6-18(23)31-16/h3-4,9,16,18-19,26H,5-8,10-11H2,1-2H3/t16-,18+,19-,21+,22?/m0/s1. The van der Waals surface area contributed by atoms with Gasteiger partial charge in [0, 0.05) is 19.3 Å². The van der Waals surface area contributed by atoms with Crippen LogP contribution in [0, 0.1) is 10.8 Å². The van der Waals surface area contributed by atoms with Gasteiger partial charge in [0.2, 0.25) is 5.91 Å². The van der Waals surface area contributed by atoms with Crippen LogP contribution in [-0.2, 0) is 19.1 Å². The largest absolute Gasteiger partial charge is 0.497 e. The molecule has 1 amide bonds. The molecule has 1 N–H and O–H groups in total. The molecule has 3 saturated heterocycles. The second-order valence-electron chi connectivity index (χ2n) is 8.70. The molecular weight excluding hydrogens is 406 g/mol. The molecule has 4 aliphatic rings. The number of amides is 1. The summed E-state index contributed by atoms with van der Waals surface area (Å²) in [5.74, 6) is -0.213. The molecule has 3 heterocycles. The van der Waals surface area contributed by atoms with E-state index in [4.69, 9.17) is 18.9 Å². The van der Waals surface area contributed by atoms with Crippen molar-refractivity contribution in [3.63, 3.8) is 0 Å². The van der Waals surface area contributed by atoms with Crippen LogP contribution in [0.5, 0.6) is 11.5 Å². The maximum absolute atomic E-state index is 13.5. The normalized spacial score (nSPS) is 36.0. The number of methoxy groups -OCH3 is 2. The monoisotopic (exact) mass is 431 g/mol. The summed E-state index contributed by atoms with van der Waals surface area (Å²) in [4.78, 5) is 40.3. The van der Waals surface area contributed by atoms with Gasteiger partial charge in [-0.25, -0.2) is 0 Å². The number of fused-ring (bicyclic) bond motifs is 1. The van der Waals surface area contributed by atoms with Crippen molar-refractivity contribution in [3.05, 3.63) is 23.8 Å². The number of esters is 1. The summed E-state index contributed by atoms with van der Waals surface area (Å²) in [5, 5.41) is 11.4. The molecule has 0 radical (unpaired) electrons. The van der Waals surface area contributed by atoms with Gasteiger partial charge in [0.1, 0.15) is 30.6 Å². The van der Waals surface area contributed by atoms with Gasteiger partial charge in [0.15, 0.2) is 5.78 Å². The molecule has 1 unspecified atom stereocenters. The fourth-order valence-corrected chi connectivity index (χ4v) is 5.97. The van der Waals surface area contributed by atoms with Crippen molar-refractivity contribution < 1.29 is 38.4 Å². The minimum Gasteiger partial charge on any atom is -0.497 e. The third-order valence-corrected chi connectivity index (χ3v) is 7.55. The van der Waals surface area contributed by atoms with Crippen LogP contribution in [0.1, 0.15) is 42.5 Å². The Hall–Kier alpha value is -2.65. The lowest BCUT2D eigenvalue weighted by Crippen LogP contribution is -2.66. The molecule has 1 aromatic rings. The number of aliphatic hydroxyl groups is 1. The van der Waals surface area contributed by atoms with Crippen molar-refractivity contribution >= 4 is 17.7 Å². The van der Waals surface area contributed by atoms with Gasteiger partial charge < -0.3 is 24.1 Å². The highest BCUT2D eigenvalue weighted by atomic mass is 16.6. The van der Waals surface area contributed by atoms with Gasteiger partial charge in [-0.05, 0) is 31.0 Å². The number of ether oxygens (including phenoxy) is 4. The van der Waals surface area contributed by atoms with Gasteiger partial charge in [-0.3, -0.25) is 19.3 Å². The Morgan fingerprint density at radius 2 is 2.06 bits per heavy atom. The molecule has 5 rings (SSSR count). The summed E-state index contributed by atoms with van der Waals surface area (Å²) in [6.07, 6.45) is -0.775. The van der Waals surface area contributed by atoms with E-state index in [0.29, 0.717) is 30.8 Å². The van der Waals surface area contributed by atoms with Crippen molar-refractivity contribution in [2.24, 2.45) is 10.8 Å². The number of hydrogen-bond donors (Lipinski definition) is 1. The molecule has 9 heteroatoms. The highest BCUT2D eigenvalue weighted by Crippen LogP contribution is 2.65. The number of carbonyl (C=O) groups excluding carboxylic acids is 3. The first-order valence-corrected chi connectivity index (χ1v) is 10.4. The number of nitrogens with zero attached hydrogens (tertiary/aromatic N) is 1. The number of cyclic esters (lactones) is 1. The van der Waals surface area contributed by atoms with E-state index in [1.807, 2.05) is 0 Å². The second-order valence-corrected chi connectivity index (χ2v) is 8.70. The Balaban J connectivity index is 1.55. The first-order valence-electron chi connectivity index (χ1n) is 10.4. The van der Waals surface area contributed by atoms with Crippen molar-refractivity contribution in [3.8, 4) is 11.5 Å². The smallest absolute Gasteiger partial charge is 0.313 e. The fraction of sp³-hybridized carbons (Fsp3) is 0.591. The van der Waals surface area contributed by atoms with Gasteiger partial charge in [0.05, 0.1) is 36.7 Å². The molecule has 31 heavy (non-hydrogen) atoms. The lowest BCUT2D eigenvalue weighted by Gasteiger charge is -2.51. The molecule has 0 bridgehead atoms. The molecule has 4 fully saturated rings. The van der Waals surface area contributed by atoms with E-state index in [0.717, 1.165) is 0 Å². The number of carbonyl (C=O) groups is 3. The summed E-state index contributed by atoms with van der Waals surface area (Å²) in [6.45, 7) is -0.0866. The Labute approximate surface area is 179 Å². The van der Waals surface area contributed by atoms with E-state index in [1.54, 1.807) is 18.2 Å². The van der Waals surface area contributed by atoms with E-state index in [-0.39, 0.29) is 36.7 Å². The van der Waals surface area contributed by atoms with Crippen LogP contribution in [0.25, 0.3) is 0 Å². The number of ketones is 1. The topological polar surface area (TPSA) is 112 Å². The van der Waals surface area contributed by atoms with E-state index in [9.17, 15) is 19.5 Å². The SMILES string of the molecule is COc1ccc(OC)c(C(=O)C[C@@]23CC[C@@H]4O[C@@H]5CCC(=O)N5[C@@H](O)C42COC3=O)c1. The lowest BCUT2D eigenvalue weighted by atomic mass is 9.62. The van der Waals surface area contributed by atoms with Crippen LogP contribution < -0.4 is 9.47 Å². The van der Waals surface area contributed by atoms with E-state index in [2.05, 4.69) is 0 Å². The Morgan fingerprint density at radius 3 is 2.81 bits per heavy atom. The molecule has 1 saturated carbocycles. The summed E-state index contributed by atoms with van der Waals surface area (Å²) >= 11 is 0. The highest BCUT2D eigenvalue weighted by molar-refractivity contribution is 6.02. The molecule has 0 aromatic heterocycles. The summed E-state index contributed by atoms with van der Waals surface area (Å²) in [6, 6.07) is 4.89. The van der Waals surface area contributed by atoms with Crippen molar-refractivity contribution in [1.82, 2.24) is 4.90 Å². The average Bonchev–Trinajstić information content (AvgIpc) is 3.39. The zero-order valence-corrected chi connectivity index (χ0v) is 17.5. The first-order chi connectivity index (χ1) is 14.9. The predicted molar refractivity (Wildman–Crippen MR) is 104 cm³/mol. The molecule has 166 valence electrons. The molecule has 9 nitrogen and oxygen atoms in total. The van der Waals surface area contributed by atoms with Gasteiger partial charge in [-0.2, -0.15) is 0 Å². The Bertz CT molecular complexity index is 963. The van der Waals surface area contributed by atoms with Crippen molar-refractivity contribution in [2.75, 3.05) is 20.8 Å². The van der Waals surface area contributed by atoms with E-state index < -0.39 is 35.4 Å². The number of Topliss-reactive ketones (excluding diaryl/α,β-unsaturated/α-hetero) is 1. The first kappa shape index (κ1) is 20.3. The number of rotatable bonds is 5. The molecular formula is C22H25NO8. The zero-order valence-electron chi connectivity index (χ0n) is 17.5. The van der Waals surface area contributed by atoms with Crippen LogP contribution in [0.2, 0.25) is 0 Å². The van der Waals surface area contributed by atoms with Crippen molar-refractivity contribution in [1.29, 1.82) is 0 Å². The van der Waals surface area contributed by atoms with E-state index >= 15 is 0 Å². The molecule has 3 aliphatic heterocycles. The third-order valence-electron chi connectivity index (χ3n) is 7.55. The number of benzene rings is 1. The molecule has 1 spiro atoms. The maximum Gasteiger partial charge on any atom is 0.313 e. The summed E-state index contributed by atoms with van der Waals surface area (Å²) in [5.41, 5.74) is -2.17. The van der Waals surface area contributed by atoms with Crippen LogP contribution in [-0.4, -0.2) is 67.1 Å². The van der Waals surface area contributed by atoms with Gasteiger partial charge in [-0.1, -0.05) is 0 Å². The third kappa shape index (κ3) is 2.53. The Kier molecular flexibility index (Phi) is 4.53. The second kappa shape index (κ2) is 6.93. The van der Waals surface area contributed by atoms with Crippen LogP contribution >= 0.6 is 0 Å². The highest BCUT2D eigenvalue weighted by Gasteiger charge is 2.76. The van der Waals surface area contributed by atoms with Crippen molar-refractivity contribution in [2.45, 2.75) is 50.7 Å². The maximum atomic E-state index is 13.5. The summed E-state index contributed by atoms with van der Waals surface area (Å²) in [7, 11) is 2.96. The predicted octanol–water partition coefficient (Wildman–Crippen LogP) is 1.27. The quantitative estimate of drug-likeness (QED) is 0.548. The average molecular weight is 431 g/mol. The van der Waals surface area contributed by atoms with Crippen LogP contribution in [0.4, 0.5) is 0 Å². The lowest BCUT2D eigenvalue weighted by molar-refractivity contribution is -0.269. The molecule has 1 aliphatic carbocycles. The number of aliphatic hydroxyl groups excluding tert-OH is 1. The van der Waals surface area contributed by atoms with E-state index in [1.165, 1.54) is 19.1 Å². The Morgan fingerprint density at radius 1 is 1.26 bits per heavy atom. The van der Waals surface area contributed by atoms with Gasteiger partial charge in [-0.15, -0.1) is 0 Å². The number of hydrogen-bond acceptors (Lipinski definition) is 8.